The summed E-state index contributed by atoms with van der Waals surface area (Å²) in [6.07, 6.45) is 3.41. The lowest BCUT2D eigenvalue weighted by molar-refractivity contribution is -0.130. The third kappa shape index (κ3) is 3.96. The van der Waals surface area contributed by atoms with Crippen LogP contribution in [0.1, 0.15) is 11.1 Å². The predicted molar refractivity (Wildman–Crippen MR) is 116 cm³/mol. The van der Waals surface area contributed by atoms with Crippen LogP contribution in [0.15, 0.2) is 82.9 Å². The number of carbonyl (C=O) groups excluding carboxylic acids is 1. The number of cyclic esters (lactones) is 1. The van der Waals surface area contributed by atoms with Crippen molar-refractivity contribution in [2.24, 2.45) is 0 Å². The van der Waals surface area contributed by atoms with Crippen molar-refractivity contribution in [1.29, 1.82) is 0 Å². The molecule has 5 heteroatoms. The van der Waals surface area contributed by atoms with E-state index in [4.69, 9.17) is 9.47 Å². The van der Waals surface area contributed by atoms with Gasteiger partial charge in [0.15, 0.2) is 11.5 Å². The summed E-state index contributed by atoms with van der Waals surface area (Å²) in [5.41, 5.74) is 4.17. The second-order valence-corrected chi connectivity index (χ2v) is 7.35. The molecular formula is C24H17BrO4. The van der Waals surface area contributed by atoms with E-state index in [0.717, 1.165) is 16.7 Å². The van der Waals surface area contributed by atoms with Crippen LogP contribution in [0.5, 0.6) is 11.5 Å². The van der Waals surface area contributed by atoms with Gasteiger partial charge in [-0.1, -0.05) is 54.6 Å². The van der Waals surface area contributed by atoms with Crippen LogP contribution < -0.4 is 4.74 Å². The average Bonchev–Trinajstić information content (AvgIpc) is 3.11. The third-order valence-electron chi connectivity index (χ3n) is 4.59. The first kappa shape index (κ1) is 19.0. The van der Waals surface area contributed by atoms with E-state index >= 15 is 0 Å². The van der Waals surface area contributed by atoms with E-state index in [-0.39, 0.29) is 5.75 Å². The Kier molecular flexibility index (Phi) is 5.23. The number of phenols is 1. The lowest BCUT2D eigenvalue weighted by Gasteiger charge is -2.06. The number of carbonyl (C=O) groups is 1. The lowest BCUT2D eigenvalue weighted by Crippen LogP contribution is -1.97. The van der Waals surface area contributed by atoms with Gasteiger partial charge in [0.2, 0.25) is 0 Å². The molecule has 0 bridgehead atoms. The highest BCUT2D eigenvalue weighted by atomic mass is 79.9. The Morgan fingerprint density at radius 1 is 0.966 bits per heavy atom. The van der Waals surface area contributed by atoms with Crippen LogP contribution in [0, 0.1) is 0 Å². The summed E-state index contributed by atoms with van der Waals surface area (Å²) in [7, 11) is 1.47. The van der Waals surface area contributed by atoms with Crippen LogP contribution in [0.25, 0.3) is 23.0 Å². The fourth-order valence-electron chi connectivity index (χ4n) is 3.10. The van der Waals surface area contributed by atoms with Crippen molar-refractivity contribution in [3.05, 3.63) is 94.0 Å². The van der Waals surface area contributed by atoms with Crippen molar-refractivity contribution in [1.82, 2.24) is 0 Å². The van der Waals surface area contributed by atoms with Crippen molar-refractivity contribution in [2.45, 2.75) is 0 Å². The Balaban J connectivity index is 1.63. The molecule has 1 aliphatic rings. The van der Waals surface area contributed by atoms with Crippen LogP contribution in [0.4, 0.5) is 0 Å². The summed E-state index contributed by atoms with van der Waals surface area (Å²) < 4.78 is 11.1. The van der Waals surface area contributed by atoms with Gasteiger partial charge in [0.1, 0.15) is 5.76 Å². The number of aromatic hydroxyl groups is 1. The Labute approximate surface area is 176 Å². The second kappa shape index (κ2) is 7.97. The zero-order valence-electron chi connectivity index (χ0n) is 15.6. The molecule has 0 aliphatic carbocycles. The maximum atomic E-state index is 12.3. The highest BCUT2D eigenvalue weighted by Crippen LogP contribution is 2.36. The molecule has 0 aromatic heterocycles. The SMILES string of the molecule is COc1cc(C=C2C=C(c3ccc(-c4ccccc4)cc3)OC2=O)cc(Br)c1O. The number of esters is 1. The van der Waals surface area contributed by atoms with E-state index in [1.54, 1.807) is 24.3 Å². The van der Waals surface area contributed by atoms with Crippen molar-refractivity contribution < 1.29 is 19.4 Å². The van der Waals surface area contributed by atoms with Gasteiger partial charge in [-0.3, -0.25) is 0 Å². The number of hydrogen-bond donors (Lipinski definition) is 1. The normalized spacial score (nSPS) is 14.6. The molecule has 0 fully saturated rings. The second-order valence-electron chi connectivity index (χ2n) is 6.49. The minimum atomic E-state index is -0.421. The maximum absolute atomic E-state index is 12.3. The fourth-order valence-corrected chi connectivity index (χ4v) is 3.56. The highest BCUT2D eigenvalue weighted by Gasteiger charge is 2.22. The molecule has 0 saturated heterocycles. The van der Waals surface area contributed by atoms with Gasteiger partial charge < -0.3 is 14.6 Å². The molecular weight excluding hydrogens is 432 g/mol. The summed E-state index contributed by atoms with van der Waals surface area (Å²) in [6, 6.07) is 21.3. The van der Waals surface area contributed by atoms with E-state index in [0.29, 0.717) is 27.1 Å². The van der Waals surface area contributed by atoms with Gasteiger partial charge in [0.05, 0.1) is 17.2 Å². The summed E-state index contributed by atoms with van der Waals surface area (Å²) in [5.74, 6) is 0.414. The molecule has 4 nitrogen and oxygen atoms in total. The van der Waals surface area contributed by atoms with Gasteiger partial charge in [-0.05, 0) is 56.9 Å². The number of rotatable bonds is 4. The molecule has 1 N–H and O–H groups in total. The molecule has 4 rings (SSSR count). The van der Waals surface area contributed by atoms with E-state index in [2.05, 4.69) is 28.1 Å². The molecule has 29 heavy (non-hydrogen) atoms. The van der Waals surface area contributed by atoms with Crippen LogP contribution >= 0.6 is 15.9 Å². The minimum absolute atomic E-state index is 0.0124. The van der Waals surface area contributed by atoms with Crippen molar-refractivity contribution >= 4 is 33.7 Å². The summed E-state index contributed by atoms with van der Waals surface area (Å²) in [4.78, 5) is 12.3. The molecule has 1 aliphatic heterocycles. The van der Waals surface area contributed by atoms with E-state index in [9.17, 15) is 9.90 Å². The first-order valence-electron chi connectivity index (χ1n) is 8.93. The topological polar surface area (TPSA) is 55.8 Å². The van der Waals surface area contributed by atoms with Gasteiger partial charge in [0.25, 0.3) is 0 Å². The van der Waals surface area contributed by atoms with Gasteiger partial charge >= 0.3 is 5.97 Å². The molecule has 1 heterocycles. The first-order valence-corrected chi connectivity index (χ1v) is 9.72. The highest BCUT2D eigenvalue weighted by molar-refractivity contribution is 9.10. The quantitative estimate of drug-likeness (QED) is 0.404. The smallest absolute Gasteiger partial charge is 0.343 e. The van der Waals surface area contributed by atoms with E-state index in [1.165, 1.54) is 7.11 Å². The number of ether oxygens (including phenoxy) is 2. The fraction of sp³-hybridized carbons (Fsp3) is 0.0417. The third-order valence-corrected chi connectivity index (χ3v) is 5.20. The Bertz CT molecular complexity index is 1130. The largest absolute Gasteiger partial charge is 0.503 e. The monoisotopic (exact) mass is 448 g/mol. The van der Waals surface area contributed by atoms with Crippen molar-refractivity contribution in [3.8, 4) is 22.6 Å². The van der Waals surface area contributed by atoms with Gasteiger partial charge in [-0.25, -0.2) is 4.79 Å². The molecule has 144 valence electrons. The number of phenolic OH excluding ortho intramolecular Hbond substituents is 1. The Morgan fingerprint density at radius 2 is 1.62 bits per heavy atom. The Morgan fingerprint density at radius 3 is 2.31 bits per heavy atom. The number of methoxy groups -OCH3 is 1. The van der Waals surface area contributed by atoms with E-state index in [1.807, 2.05) is 42.5 Å². The van der Waals surface area contributed by atoms with Gasteiger partial charge in [0, 0.05) is 5.56 Å². The maximum Gasteiger partial charge on any atom is 0.343 e. The van der Waals surface area contributed by atoms with Crippen molar-refractivity contribution in [3.63, 3.8) is 0 Å². The zero-order chi connectivity index (χ0) is 20.4. The minimum Gasteiger partial charge on any atom is -0.503 e. The molecule has 0 atom stereocenters. The first-order chi connectivity index (χ1) is 14.0. The molecule has 0 amide bonds. The number of halogens is 1. The summed E-state index contributed by atoms with van der Waals surface area (Å²) in [6.45, 7) is 0. The average molecular weight is 449 g/mol. The van der Waals surface area contributed by atoms with Gasteiger partial charge in [-0.2, -0.15) is 0 Å². The van der Waals surface area contributed by atoms with Crippen LogP contribution in [-0.2, 0) is 9.53 Å². The summed E-state index contributed by atoms with van der Waals surface area (Å²) in [5, 5.41) is 9.93. The van der Waals surface area contributed by atoms with Crippen LogP contribution in [0.2, 0.25) is 0 Å². The molecule has 0 radical (unpaired) electrons. The standard InChI is InChI=1S/C24H17BrO4/c1-28-22-13-15(12-20(25)23(22)26)11-19-14-21(29-24(19)27)18-9-7-17(8-10-18)16-5-3-2-4-6-16/h2-14,26H,1H3. The molecule has 0 unspecified atom stereocenters. The number of hydrogen-bond acceptors (Lipinski definition) is 4. The van der Waals surface area contributed by atoms with Crippen LogP contribution in [-0.4, -0.2) is 18.2 Å². The predicted octanol–water partition coefficient (Wildman–Crippen LogP) is 5.81. The number of benzene rings is 3. The van der Waals surface area contributed by atoms with Crippen molar-refractivity contribution in [2.75, 3.05) is 7.11 Å². The summed E-state index contributed by atoms with van der Waals surface area (Å²) >= 11 is 3.29. The Hall–Kier alpha value is -3.31. The molecule has 0 spiro atoms. The van der Waals surface area contributed by atoms with E-state index < -0.39 is 5.97 Å². The van der Waals surface area contributed by atoms with Gasteiger partial charge in [-0.15, -0.1) is 0 Å². The molecule has 3 aromatic carbocycles. The molecule has 0 saturated carbocycles. The molecule has 3 aromatic rings. The lowest BCUT2D eigenvalue weighted by atomic mass is 10.0. The zero-order valence-corrected chi connectivity index (χ0v) is 17.1. The van der Waals surface area contributed by atoms with Crippen LogP contribution in [0.3, 0.4) is 0 Å².